The van der Waals surface area contributed by atoms with E-state index in [1.165, 1.54) is 5.39 Å². The van der Waals surface area contributed by atoms with E-state index < -0.39 is 0 Å². The Kier molecular flexibility index (Phi) is 2.71. The highest BCUT2D eigenvalue weighted by Crippen LogP contribution is 2.26. The molecule has 2 aromatic carbocycles. The van der Waals surface area contributed by atoms with Gasteiger partial charge >= 0.3 is 0 Å². The molecule has 0 saturated heterocycles. The predicted molar refractivity (Wildman–Crippen MR) is 85.1 cm³/mol. The highest BCUT2D eigenvalue weighted by Gasteiger charge is 2.03. The van der Waals surface area contributed by atoms with Gasteiger partial charge in [0, 0.05) is 29.7 Å². The van der Waals surface area contributed by atoms with Gasteiger partial charge in [-0.15, -0.1) is 0 Å². The lowest BCUT2D eigenvalue weighted by atomic mass is 10.2. The maximum absolute atomic E-state index is 4.26. The van der Waals surface area contributed by atoms with E-state index in [1.54, 1.807) is 6.20 Å². The average Bonchev–Trinajstić information content (AvgIpc) is 3.20. The number of aromatic nitrogens is 3. The molecule has 0 aliphatic rings. The topological polar surface area (TPSA) is 45.6 Å². The van der Waals surface area contributed by atoms with E-state index in [9.17, 15) is 0 Å². The molecule has 4 nitrogen and oxygen atoms in total. The summed E-state index contributed by atoms with van der Waals surface area (Å²) >= 11 is 0. The summed E-state index contributed by atoms with van der Waals surface area (Å²) in [6, 6.07) is 18.4. The summed E-state index contributed by atoms with van der Waals surface area (Å²) in [6.45, 7) is 0. The molecule has 4 heteroatoms. The van der Waals surface area contributed by atoms with Crippen molar-refractivity contribution in [2.75, 3.05) is 5.32 Å². The van der Waals surface area contributed by atoms with E-state index in [-0.39, 0.29) is 0 Å². The van der Waals surface area contributed by atoms with Crippen molar-refractivity contribution in [3.63, 3.8) is 0 Å². The fourth-order valence-electron chi connectivity index (χ4n) is 2.49. The molecule has 102 valence electrons. The second-order valence-corrected chi connectivity index (χ2v) is 4.87. The molecular weight excluding hydrogens is 260 g/mol. The van der Waals surface area contributed by atoms with Crippen molar-refractivity contribution < 1.29 is 0 Å². The normalized spacial score (nSPS) is 10.9. The van der Waals surface area contributed by atoms with E-state index in [4.69, 9.17) is 0 Å². The molecule has 0 aliphatic heterocycles. The van der Waals surface area contributed by atoms with Gasteiger partial charge in [-0.1, -0.05) is 18.2 Å². The Balaban J connectivity index is 1.71. The van der Waals surface area contributed by atoms with Gasteiger partial charge in [-0.25, -0.2) is 4.68 Å². The number of benzene rings is 2. The number of fused-ring (bicyclic) bond motifs is 1. The number of rotatable bonds is 3. The lowest BCUT2D eigenvalue weighted by Gasteiger charge is -2.09. The summed E-state index contributed by atoms with van der Waals surface area (Å²) in [6.07, 6.45) is 5.67. The van der Waals surface area contributed by atoms with Gasteiger partial charge in [-0.2, -0.15) is 5.10 Å². The van der Waals surface area contributed by atoms with Gasteiger partial charge in [0.1, 0.15) is 0 Å². The number of H-pyrrole nitrogens is 1. The molecule has 0 saturated carbocycles. The van der Waals surface area contributed by atoms with Crippen LogP contribution in [0.2, 0.25) is 0 Å². The molecule has 2 aromatic heterocycles. The summed E-state index contributed by atoms with van der Waals surface area (Å²) in [5.74, 6) is 0. The molecule has 0 aliphatic carbocycles. The van der Waals surface area contributed by atoms with Crippen LogP contribution in [0.5, 0.6) is 0 Å². The molecule has 0 spiro atoms. The van der Waals surface area contributed by atoms with Crippen molar-refractivity contribution in [1.82, 2.24) is 14.8 Å². The maximum Gasteiger partial charge on any atom is 0.0693 e. The van der Waals surface area contributed by atoms with Crippen LogP contribution in [0.25, 0.3) is 16.6 Å². The number of aromatic amines is 1. The molecule has 0 radical (unpaired) electrons. The molecule has 0 unspecified atom stereocenters. The van der Waals surface area contributed by atoms with E-state index in [1.807, 2.05) is 35.3 Å². The molecule has 21 heavy (non-hydrogen) atoms. The summed E-state index contributed by atoms with van der Waals surface area (Å²) in [4.78, 5) is 3.27. The maximum atomic E-state index is 4.26. The molecular formula is C17H14N4. The summed E-state index contributed by atoms with van der Waals surface area (Å²) < 4.78 is 1.85. The molecule has 4 aromatic rings. The smallest absolute Gasteiger partial charge is 0.0693 e. The minimum absolute atomic E-state index is 1.03. The highest BCUT2D eigenvalue weighted by atomic mass is 15.3. The van der Waals surface area contributed by atoms with Gasteiger partial charge in [0.15, 0.2) is 0 Å². The largest absolute Gasteiger partial charge is 0.359 e. The van der Waals surface area contributed by atoms with Gasteiger partial charge in [0.2, 0.25) is 0 Å². The average molecular weight is 274 g/mol. The third kappa shape index (κ3) is 2.17. The standard InChI is InChI=1S/C17H14N4/c1-4-13-8-10-18-17(13)16(7-1)20-14-5-2-6-15(12-14)21-11-3-9-19-21/h1-12,18,20H. The Bertz CT molecular complexity index is 875. The SMILES string of the molecule is c1cc(Nc2cccc3cc[nH]c23)cc(-n2cccn2)c1. The van der Waals surface area contributed by atoms with E-state index in [0.717, 1.165) is 22.6 Å². The van der Waals surface area contributed by atoms with Gasteiger partial charge in [0.25, 0.3) is 0 Å². The van der Waals surface area contributed by atoms with E-state index >= 15 is 0 Å². The number of nitrogens with zero attached hydrogens (tertiary/aromatic N) is 2. The van der Waals surface area contributed by atoms with Gasteiger partial charge in [0.05, 0.1) is 16.9 Å². The van der Waals surface area contributed by atoms with Crippen LogP contribution in [-0.2, 0) is 0 Å². The van der Waals surface area contributed by atoms with Crippen molar-refractivity contribution in [1.29, 1.82) is 0 Å². The summed E-state index contributed by atoms with van der Waals surface area (Å²) in [5.41, 5.74) is 4.24. The van der Waals surface area contributed by atoms with Crippen molar-refractivity contribution in [2.45, 2.75) is 0 Å². The quantitative estimate of drug-likeness (QED) is 0.591. The number of hydrogen-bond donors (Lipinski definition) is 2. The van der Waals surface area contributed by atoms with Crippen molar-refractivity contribution in [2.24, 2.45) is 0 Å². The minimum Gasteiger partial charge on any atom is -0.359 e. The van der Waals surface area contributed by atoms with Crippen LogP contribution in [-0.4, -0.2) is 14.8 Å². The first-order valence-electron chi connectivity index (χ1n) is 6.83. The van der Waals surface area contributed by atoms with Crippen LogP contribution in [0.1, 0.15) is 0 Å². The first kappa shape index (κ1) is 11.8. The first-order valence-corrected chi connectivity index (χ1v) is 6.83. The van der Waals surface area contributed by atoms with Crippen LogP contribution in [0.15, 0.2) is 73.2 Å². The Labute approximate surface area is 122 Å². The molecule has 4 rings (SSSR count). The fraction of sp³-hybridized carbons (Fsp3) is 0. The Morgan fingerprint density at radius 1 is 1.00 bits per heavy atom. The van der Waals surface area contributed by atoms with Crippen LogP contribution < -0.4 is 5.32 Å². The molecule has 2 heterocycles. The second kappa shape index (κ2) is 4.83. The number of para-hydroxylation sites is 1. The molecule has 0 amide bonds. The summed E-state index contributed by atoms with van der Waals surface area (Å²) in [7, 11) is 0. The highest BCUT2D eigenvalue weighted by molar-refractivity contribution is 5.92. The predicted octanol–water partition coefficient (Wildman–Crippen LogP) is 4.10. The third-order valence-electron chi connectivity index (χ3n) is 3.48. The second-order valence-electron chi connectivity index (χ2n) is 4.87. The first-order chi connectivity index (χ1) is 10.4. The van der Waals surface area contributed by atoms with Crippen LogP contribution in [0.3, 0.4) is 0 Å². The lowest BCUT2D eigenvalue weighted by molar-refractivity contribution is 0.881. The Morgan fingerprint density at radius 3 is 2.86 bits per heavy atom. The van der Waals surface area contributed by atoms with Crippen molar-refractivity contribution in [3.05, 3.63) is 73.2 Å². The fourth-order valence-corrected chi connectivity index (χ4v) is 2.49. The number of hydrogen-bond acceptors (Lipinski definition) is 2. The minimum atomic E-state index is 1.03. The lowest BCUT2D eigenvalue weighted by Crippen LogP contribution is -1.96. The van der Waals surface area contributed by atoms with Crippen LogP contribution in [0, 0.1) is 0 Å². The van der Waals surface area contributed by atoms with Gasteiger partial charge in [-0.3, -0.25) is 0 Å². The van der Waals surface area contributed by atoms with Crippen molar-refractivity contribution >= 4 is 22.3 Å². The van der Waals surface area contributed by atoms with Crippen LogP contribution >= 0.6 is 0 Å². The molecule has 2 N–H and O–H groups in total. The molecule has 0 bridgehead atoms. The number of nitrogens with one attached hydrogen (secondary N) is 2. The monoisotopic (exact) mass is 274 g/mol. The van der Waals surface area contributed by atoms with Gasteiger partial charge < -0.3 is 10.3 Å². The van der Waals surface area contributed by atoms with Gasteiger partial charge in [-0.05, 0) is 36.4 Å². The number of anilines is 2. The van der Waals surface area contributed by atoms with E-state index in [2.05, 4.69) is 51.8 Å². The summed E-state index contributed by atoms with van der Waals surface area (Å²) in [5, 5.41) is 8.92. The Morgan fingerprint density at radius 2 is 1.95 bits per heavy atom. The zero-order valence-electron chi connectivity index (χ0n) is 11.3. The van der Waals surface area contributed by atoms with Crippen LogP contribution in [0.4, 0.5) is 11.4 Å². The molecule has 0 fully saturated rings. The zero-order valence-corrected chi connectivity index (χ0v) is 11.3. The zero-order chi connectivity index (χ0) is 14.1. The van der Waals surface area contributed by atoms with E-state index in [0.29, 0.717) is 0 Å². The molecule has 0 atom stereocenters. The van der Waals surface area contributed by atoms with Crippen molar-refractivity contribution in [3.8, 4) is 5.69 Å². The Hall–Kier alpha value is -3.01. The third-order valence-corrected chi connectivity index (χ3v) is 3.48.